The van der Waals surface area contributed by atoms with E-state index in [0.29, 0.717) is 36.0 Å². The molecule has 4 rings (SSSR count). The fraction of sp³-hybridized carbons (Fsp3) is 0.300. The van der Waals surface area contributed by atoms with Crippen molar-refractivity contribution in [3.8, 4) is 11.5 Å². The summed E-state index contributed by atoms with van der Waals surface area (Å²) in [5.74, 6) is 1.09. The van der Waals surface area contributed by atoms with Crippen LogP contribution in [-0.2, 0) is 11.2 Å². The van der Waals surface area contributed by atoms with Gasteiger partial charge in [-0.15, -0.1) is 0 Å². The van der Waals surface area contributed by atoms with Crippen LogP contribution in [0, 0.1) is 5.92 Å². The predicted molar refractivity (Wildman–Crippen MR) is 93.3 cm³/mol. The van der Waals surface area contributed by atoms with Crippen molar-refractivity contribution in [2.45, 2.75) is 19.3 Å². The van der Waals surface area contributed by atoms with Gasteiger partial charge in [0.15, 0.2) is 17.3 Å². The van der Waals surface area contributed by atoms with E-state index in [0.717, 1.165) is 18.4 Å². The molecule has 0 spiro atoms. The van der Waals surface area contributed by atoms with Crippen molar-refractivity contribution >= 4 is 17.4 Å². The molecule has 128 valence electrons. The number of hydrogen-bond acceptors (Lipinski definition) is 4. The van der Waals surface area contributed by atoms with E-state index < -0.39 is 0 Å². The molecule has 0 unspecified atom stereocenters. The molecule has 1 aliphatic heterocycles. The highest BCUT2D eigenvalue weighted by Gasteiger charge is 2.33. The molecule has 2 aromatic carbocycles. The van der Waals surface area contributed by atoms with Crippen molar-refractivity contribution in [3.05, 3.63) is 53.6 Å². The topological polar surface area (TPSA) is 64.6 Å². The molecule has 0 bridgehead atoms. The van der Waals surface area contributed by atoms with Crippen LogP contribution in [0.25, 0.3) is 0 Å². The van der Waals surface area contributed by atoms with E-state index >= 15 is 0 Å². The minimum Gasteiger partial charge on any atom is -0.486 e. The summed E-state index contributed by atoms with van der Waals surface area (Å²) in [7, 11) is 0. The quantitative estimate of drug-likeness (QED) is 0.851. The van der Waals surface area contributed by atoms with E-state index in [2.05, 4.69) is 5.32 Å². The number of ether oxygens (including phenoxy) is 2. The van der Waals surface area contributed by atoms with Crippen LogP contribution in [0.3, 0.4) is 0 Å². The van der Waals surface area contributed by atoms with Crippen LogP contribution in [-0.4, -0.2) is 24.9 Å². The summed E-state index contributed by atoms with van der Waals surface area (Å²) in [4.78, 5) is 25.0. The molecule has 0 atom stereocenters. The van der Waals surface area contributed by atoms with Gasteiger partial charge in [0.2, 0.25) is 5.91 Å². The Morgan fingerprint density at radius 3 is 2.36 bits per heavy atom. The van der Waals surface area contributed by atoms with Crippen molar-refractivity contribution in [1.29, 1.82) is 0 Å². The number of rotatable bonds is 5. The number of nitrogens with one attached hydrogen (secondary N) is 1. The van der Waals surface area contributed by atoms with Crippen LogP contribution in [0.2, 0.25) is 0 Å². The normalized spacial score (nSPS) is 15.5. The third-order valence-corrected chi connectivity index (χ3v) is 4.38. The molecule has 5 nitrogen and oxygen atoms in total. The lowest BCUT2D eigenvalue weighted by Gasteiger charge is -2.21. The predicted octanol–water partition coefficient (Wildman–Crippen LogP) is 3.23. The second-order valence-corrected chi connectivity index (χ2v) is 6.39. The van der Waals surface area contributed by atoms with Gasteiger partial charge in [0, 0.05) is 17.5 Å². The van der Waals surface area contributed by atoms with Crippen LogP contribution in [0.1, 0.15) is 28.8 Å². The van der Waals surface area contributed by atoms with E-state index in [1.807, 2.05) is 30.3 Å². The molecule has 1 aliphatic carbocycles. The van der Waals surface area contributed by atoms with Gasteiger partial charge in [0.25, 0.3) is 0 Å². The van der Waals surface area contributed by atoms with Crippen LogP contribution in [0.15, 0.2) is 42.5 Å². The van der Waals surface area contributed by atoms with E-state index in [1.165, 1.54) is 0 Å². The summed E-state index contributed by atoms with van der Waals surface area (Å²) in [6, 6.07) is 12.9. The van der Waals surface area contributed by atoms with Gasteiger partial charge in [-0.2, -0.15) is 0 Å². The molecule has 1 saturated carbocycles. The molecule has 2 aromatic rings. The standard InChI is InChI=1S/C20H19NO4/c22-19(10-13-4-2-1-3-5-13)21-16-12-18-17(24-8-9-25-18)11-15(16)20(23)14-6-7-14/h1-5,11-12,14H,6-10H2,(H,21,22). The fourth-order valence-corrected chi connectivity index (χ4v) is 2.94. The molecule has 1 heterocycles. The SMILES string of the molecule is O=C(Cc1ccccc1)Nc1cc2c(cc1C(=O)C1CC1)OCCO2. The third-order valence-electron chi connectivity index (χ3n) is 4.38. The van der Waals surface area contributed by atoms with Crippen LogP contribution in [0.5, 0.6) is 11.5 Å². The zero-order valence-corrected chi connectivity index (χ0v) is 13.8. The Hall–Kier alpha value is -2.82. The summed E-state index contributed by atoms with van der Waals surface area (Å²) in [5, 5.41) is 2.88. The molecule has 1 N–H and O–H groups in total. The summed E-state index contributed by atoms with van der Waals surface area (Å²) < 4.78 is 11.2. The number of fused-ring (bicyclic) bond motifs is 1. The molecule has 5 heteroatoms. The number of carbonyl (C=O) groups is 2. The number of ketones is 1. The van der Waals surface area contributed by atoms with E-state index in [4.69, 9.17) is 9.47 Å². The maximum absolute atomic E-state index is 12.6. The van der Waals surface area contributed by atoms with Crippen LogP contribution >= 0.6 is 0 Å². The Bertz CT molecular complexity index is 812. The van der Waals surface area contributed by atoms with Gasteiger partial charge in [-0.3, -0.25) is 9.59 Å². The average Bonchev–Trinajstić information content (AvgIpc) is 3.46. The molecule has 2 aliphatic rings. The maximum Gasteiger partial charge on any atom is 0.228 e. The lowest BCUT2D eigenvalue weighted by atomic mass is 10.0. The Balaban J connectivity index is 1.60. The molecule has 0 radical (unpaired) electrons. The highest BCUT2D eigenvalue weighted by molar-refractivity contribution is 6.07. The first kappa shape index (κ1) is 15.7. The second-order valence-electron chi connectivity index (χ2n) is 6.39. The lowest BCUT2D eigenvalue weighted by Crippen LogP contribution is -2.20. The first-order chi connectivity index (χ1) is 12.2. The van der Waals surface area contributed by atoms with E-state index in [9.17, 15) is 9.59 Å². The lowest BCUT2D eigenvalue weighted by molar-refractivity contribution is -0.115. The largest absolute Gasteiger partial charge is 0.486 e. The molecule has 1 fully saturated rings. The van der Waals surface area contributed by atoms with Gasteiger partial charge in [-0.05, 0) is 24.5 Å². The number of hydrogen-bond donors (Lipinski definition) is 1. The van der Waals surface area contributed by atoms with Crippen molar-refractivity contribution in [1.82, 2.24) is 0 Å². The zero-order valence-electron chi connectivity index (χ0n) is 13.8. The third kappa shape index (κ3) is 3.50. The maximum atomic E-state index is 12.6. The monoisotopic (exact) mass is 337 g/mol. The van der Waals surface area contributed by atoms with E-state index in [1.54, 1.807) is 12.1 Å². The highest BCUT2D eigenvalue weighted by Crippen LogP contribution is 2.40. The van der Waals surface area contributed by atoms with E-state index in [-0.39, 0.29) is 24.0 Å². The highest BCUT2D eigenvalue weighted by atomic mass is 16.6. The number of carbonyl (C=O) groups excluding carboxylic acids is 2. The Morgan fingerprint density at radius 2 is 1.68 bits per heavy atom. The number of amides is 1. The number of Topliss-reactive ketones (excluding diaryl/α,β-unsaturated/α-hetero) is 1. The van der Waals surface area contributed by atoms with Crippen LogP contribution < -0.4 is 14.8 Å². The van der Waals surface area contributed by atoms with Crippen molar-refractivity contribution in [2.24, 2.45) is 5.92 Å². The van der Waals surface area contributed by atoms with Gasteiger partial charge in [-0.1, -0.05) is 30.3 Å². The molecule has 25 heavy (non-hydrogen) atoms. The zero-order chi connectivity index (χ0) is 17.2. The fourth-order valence-electron chi connectivity index (χ4n) is 2.94. The second kappa shape index (κ2) is 6.59. The summed E-state index contributed by atoms with van der Waals surface area (Å²) in [5.41, 5.74) is 1.93. The summed E-state index contributed by atoms with van der Waals surface area (Å²) >= 11 is 0. The molecule has 0 aromatic heterocycles. The first-order valence-corrected chi connectivity index (χ1v) is 8.52. The van der Waals surface area contributed by atoms with Crippen LogP contribution in [0.4, 0.5) is 5.69 Å². The summed E-state index contributed by atoms with van der Waals surface area (Å²) in [6.45, 7) is 0.921. The average molecular weight is 337 g/mol. The van der Waals surface area contributed by atoms with Gasteiger partial charge in [-0.25, -0.2) is 0 Å². The summed E-state index contributed by atoms with van der Waals surface area (Å²) in [6.07, 6.45) is 2.07. The van der Waals surface area contributed by atoms with Gasteiger partial charge in [0.05, 0.1) is 12.1 Å². The molecule has 0 saturated heterocycles. The molecule has 1 amide bonds. The first-order valence-electron chi connectivity index (χ1n) is 8.52. The van der Waals surface area contributed by atoms with Gasteiger partial charge < -0.3 is 14.8 Å². The van der Waals surface area contributed by atoms with Gasteiger partial charge in [0.1, 0.15) is 13.2 Å². The van der Waals surface area contributed by atoms with Crippen molar-refractivity contribution in [2.75, 3.05) is 18.5 Å². The van der Waals surface area contributed by atoms with Crippen molar-refractivity contribution in [3.63, 3.8) is 0 Å². The molecular formula is C20H19NO4. The molecular weight excluding hydrogens is 318 g/mol. The smallest absolute Gasteiger partial charge is 0.228 e. The Morgan fingerprint density at radius 1 is 1.00 bits per heavy atom. The van der Waals surface area contributed by atoms with Crippen molar-refractivity contribution < 1.29 is 19.1 Å². The Labute approximate surface area is 145 Å². The Kier molecular flexibility index (Phi) is 4.14. The minimum absolute atomic E-state index is 0.0620. The number of benzene rings is 2. The van der Waals surface area contributed by atoms with Gasteiger partial charge >= 0.3 is 0 Å². The minimum atomic E-state index is -0.160. The number of anilines is 1.